The molecule has 1 N–H and O–H groups in total. The van der Waals surface area contributed by atoms with Crippen LogP contribution in [0.1, 0.15) is 46.7 Å². The van der Waals surface area contributed by atoms with Crippen LogP contribution in [0.2, 0.25) is 0 Å². The minimum atomic E-state index is -1.48. The van der Waals surface area contributed by atoms with Crippen LogP contribution in [0.3, 0.4) is 0 Å². The monoisotopic (exact) mass is 688 g/mol. The Hall–Kier alpha value is -4.99. The van der Waals surface area contributed by atoms with Gasteiger partial charge >= 0.3 is 22.5 Å². The number of hydrogen-bond donors (Lipinski definition) is 1. The first-order chi connectivity index (χ1) is 22.9. The molecule has 11 heteroatoms. The van der Waals surface area contributed by atoms with Crippen LogP contribution in [0.5, 0.6) is 11.5 Å². The van der Waals surface area contributed by atoms with Crippen molar-refractivity contribution >= 4 is 29.2 Å². The van der Waals surface area contributed by atoms with E-state index in [1.165, 1.54) is 14.2 Å². The summed E-state index contributed by atoms with van der Waals surface area (Å²) in [5, 5.41) is 37.4. The van der Waals surface area contributed by atoms with E-state index in [2.05, 4.69) is 14.9 Å². The van der Waals surface area contributed by atoms with Crippen molar-refractivity contribution in [1.82, 2.24) is 4.90 Å². The number of carboxylic acid groups (broad SMARTS) is 1. The summed E-state index contributed by atoms with van der Waals surface area (Å²) in [6.45, 7) is 1.44. The second kappa shape index (κ2) is 15.3. The van der Waals surface area contributed by atoms with E-state index >= 15 is 0 Å². The van der Waals surface area contributed by atoms with Crippen LogP contribution in [0, 0.1) is 0 Å². The van der Waals surface area contributed by atoms with Crippen LogP contribution in [-0.4, -0.2) is 66.3 Å². The van der Waals surface area contributed by atoms with Gasteiger partial charge in [0.05, 0.1) is 25.6 Å². The Kier molecular flexibility index (Phi) is 10.9. The van der Waals surface area contributed by atoms with Gasteiger partial charge in [0, 0.05) is 29.3 Å². The molecule has 0 aliphatic carbocycles. The van der Waals surface area contributed by atoms with Gasteiger partial charge in [-0.2, -0.15) is 0 Å². The molecule has 0 spiro atoms. The number of rotatable bonds is 11. The SMILES string of the molecule is COc1ccc2c(c1OC)C([O-])=NC2C(N=C(c1ccccc1)c1ccccc1N=C([O-])C1CCCN1Cc1ccccc1)C(=O)O.[Ni+2]. The second-order valence-electron chi connectivity index (χ2n) is 11.4. The summed E-state index contributed by atoms with van der Waals surface area (Å²) in [6, 6.07) is 26.5. The third kappa shape index (κ3) is 6.98. The molecule has 0 radical (unpaired) electrons. The fourth-order valence-electron chi connectivity index (χ4n) is 6.28. The first-order valence-electron chi connectivity index (χ1n) is 15.4. The summed E-state index contributed by atoms with van der Waals surface area (Å²) < 4.78 is 10.8. The van der Waals surface area contributed by atoms with Crippen molar-refractivity contribution in [3.05, 3.63) is 125 Å². The minimum Gasteiger partial charge on any atom is -0.861 e. The van der Waals surface area contributed by atoms with Crippen LogP contribution in [-0.2, 0) is 27.8 Å². The summed E-state index contributed by atoms with van der Waals surface area (Å²) in [7, 11) is 2.86. The molecule has 0 saturated carbocycles. The Labute approximate surface area is 289 Å². The molecular formula is C37H34N4NiO6. The minimum absolute atomic E-state index is 0. The Balaban J connectivity index is 0.00000451. The Bertz CT molecular complexity index is 1850. The van der Waals surface area contributed by atoms with Crippen LogP contribution in [0.25, 0.3) is 0 Å². The van der Waals surface area contributed by atoms with Gasteiger partial charge in [0.25, 0.3) is 0 Å². The van der Waals surface area contributed by atoms with Crippen molar-refractivity contribution < 1.29 is 46.1 Å². The number of aliphatic carboxylic acids is 1. The molecule has 0 amide bonds. The fourth-order valence-corrected chi connectivity index (χ4v) is 6.28. The third-order valence-corrected chi connectivity index (χ3v) is 8.50. The number of likely N-dealkylation sites (tertiary alicyclic amines) is 1. The number of ether oxygens (including phenoxy) is 2. The van der Waals surface area contributed by atoms with Crippen molar-refractivity contribution in [2.45, 2.75) is 37.5 Å². The van der Waals surface area contributed by atoms with Crippen LogP contribution in [0.4, 0.5) is 5.69 Å². The van der Waals surface area contributed by atoms with Crippen LogP contribution >= 0.6 is 0 Å². The van der Waals surface area contributed by atoms with E-state index in [4.69, 9.17) is 14.5 Å². The van der Waals surface area contributed by atoms with Crippen molar-refractivity contribution in [3.8, 4) is 11.5 Å². The van der Waals surface area contributed by atoms with Crippen LogP contribution < -0.4 is 19.7 Å². The first-order valence-corrected chi connectivity index (χ1v) is 15.4. The molecule has 2 aliphatic rings. The number of hydrogen-bond acceptors (Lipinski definition) is 9. The van der Waals surface area contributed by atoms with Gasteiger partial charge < -0.3 is 24.8 Å². The average molecular weight is 689 g/mol. The maximum Gasteiger partial charge on any atom is 2.00 e. The summed E-state index contributed by atoms with van der Waals surface area (Å²) in [4.78, 5) is 28.6. The zero-order chi connectivity index (χ0) is 32.9. The van der Waals surface area contributed by atoms with Crippen LogP contribution in [0.15, 0.2) is 112 Å². The smallest absolute Gasteiger partial charge is 0.861 e. The van der Waals surface area contributed by atoms with Crippen molar-refractivity contribution in [2.75, 3.05) is 20.8 Å². The molecule has 4 aromatic carbocycles. The largest absolute Gasteiger partial charge is 2.00 e. The zero-order valence-corrected chi connectivity index (χ0v) is 27.4. The number of fused-ring (bicyclic) bond motifs is 1. The number of aliphatic imine (C=N–C) groups is 3. The molecule has 248 valence electrons. The normalized spacial score (nSPS) is 18.4. The predicted molar refractivity (Wildman–Crippen MR) is 176 cm³/mol. The van der Waals surface area contributed by atoms with Crippen molar-refractivity contribution in [2.24, 2.45) is 15.0 Å². The van der Waals surface area contributed by atoms with E-state index in [1.807, 2.05) is 60.7 Å². The number of carbonyl (C=O) groups is 1. The number of nitrogens with zero attached hydrogens (tertiary/aromatic N) is 4. The topological polar surface area (TPSA) is 142 Å². The molecule has 10 nitrogen and oxygen atoms in total. The van der Waals surface area contributed by atoms with E-state index in [-0.39, 0.29) is 39.7 Å². The number of methoxy groups -OCH3 is 2. The third-order valence-electron chi connectivity index (χ3n) is 8.50. The van der Waals surface area contributed by atoms with E-state index in [9.17, 15) is 20.1 Å². The van der Waals surface area contributed by atoms with Gasteiger partial charge in [-0.3, -0.25) is 19.9 Å². The second-order valence-corrected chi connectivity index (χ2v) is 11.4. The quantitative estimate of drug-likeness (QED) is 0.143. The molecule has 2 aliphatic heterocycles. The fraction of sp³-hybridized carbons (Fsp3) is 0.243. The van der Waals surface area contributed by atoms with E-state index in [0.717, 1.165) is 18.5 Å². The molecular weight excluding hydrogens is 655 g/mol. The molecule has 0 aromatic heterocycles. The van der Waals surface area contributed by atoms with E-state index < -0.39 is 24.0 Å². The van der Waals surface area contributed by atoms with E-state index in [0.29, 0.717) is 46.8 Å². The summed E-state index contributed by atoms with van der Waals surface area (Å²) in [5.41, 5.74) is 3.46. The first kappa shape index (κ1) is 34.4. The maximum atomic E-state index is 13.7. The maximum absolute atomic E-state index is 13.7. The molecule has 1 saturated heterocycles. The van der Waals surface area contributed by atoms with Gasteiger partial charge in [-0.25, -0.2) is 4.79 Å². The Morgan fingerprint density at radius 3 is 2.35 bits per heavy atom. The Morgan fingerprint density at radius 2 is 1.67 bits per heavy atom. The molecule has 1 fully saturated rings. The van der Waals surface area contributed by atoms with E-state index in [1.54, 1.807) is 36.4 Å². The Morgan fingerprint density at radius 1 is 0.979 bits per heavy atom. The summed E-state index contributed by atoms with van der Waals surface area (Å²) in [6.07, 6.45) is 1.59. The molecule has 0 bridgehead atoms. The van der Waals surface area contributed by atoms with Crippen molar-refractivity contribution in [1.29, 1.82) is 0 Å². The number of para-hydroxylation sites is 1. The standard InChI is InChI=1S/C37H36N4O6.Ni/c1-46-29-20-19-26-30(34(29)47-2)36(43)40-32(26)33(37(44)45)39-31(24-14-7-4-8-15-24)25-16-9-10-17-27(25)38-35(42)28-18-11-21-41(28)22-23-12-5-3-6-13-23;/h3-10,12-17,19-20,28,32-33H,11,18,21-22H2,1-2H3,(H,38,42)(H,40,43)(H,44,45);/q;+2/p-2. The van der Waals surface area contributed by atoms with Gasteiger partial charge in [0.15, 0.2) is 17.5 Å². The molecule has 6 rings (SSSR count). The van der Waals surface area contributed by atoms with Gasteiger partial charge in [-0.15, -0.1) is 0 Å². The number of benzene rings is 4. The van der Waals surface area contributed by atoms with Crippen molar-refractivity contribution in [3.63, 3.8) is 0 Å². The summed E-state index contributed by atoms with van der Waals surface area (Å²) in [5.74, 6) is -1.62. The predicted octanol–water partition coefficient (Wildman–Crippen LogP) is 3.91. The van der Waals surface area contributed by atoms with Gasteiger partial charge in [-0.05, 0) is 54.4 Å². The van der Waals surface area contributed by atoms with Gasteiger partial charge in [0.1, 0.15) is 6.04 Å². The molecule has 2 heterocycles. The number of carboxylic acids is 1. The molecule has 3 unspecified atom stereocenters. The van der Waals surface area contributed by atoms with Gasteiger partial charge in [0.2, 0.25) is 0 Å². The molecule has 48 heavy (non-hydrogen) atoms. The van der Waals surface area contributed by atoms with Gasteiger partial charge in [-0.1, -0.05) is 84.9 Å². The summed E-state index contributed by atoms with van der Waals surface area (Å²) >= 11 is 0. The molecule has 3 atom stereocenters. The average Bonchev–Trinajstić information content (AvgIpc) is 3.70. The zero-order valence-electron chi connectivity index (χ0n) is 26.4. The molecule has 4 aromatic rings.